The van der Waals surface area contributed by atoms with Gasteiger partial charge in [-0.3, -0.25) is 14.5 Å². The molecule has 0 radical (unpaired) electrons. The van der Waals surface area contributed by atoms with Crippen molar-refractivity contribution in [2.45, 2.75) is 82.0 Å². The highest BCUT2D eigenvalue weighted by atomic mass is 19.4. The van der Waals surface area contributed by atoms with E-state index in [9.17, 15) is 22.8 Å². The number of esters is 1. The lowest BCUT2D eigenvalue weighted by Gasteiger charge is -2.65. The van der Waals surface area contributed by atoms with Gasteiger partial charge in [-0.05, 0) is 80.6 Å². The molecule has 1 amide bonds. The van der Waals surface area contributed by atoms with Crippen LogP contribution in [0.2, 0.25) is 0 Å². The third kappa shape index (κ3) is 4.87. The zero-order chi connectivity index (χ0) is 30.7. The first-order chi connectivity index (χ1) is 20.3. The molecular weight excluding hydrogens is 561 g/mol. The molecular formula is C33H37F3N2O5. The molecule has 10 heteroatoms. The molecule has 1 saturated heterocycles. The molecule has 0 aromatic heterocycles. The van der Waals surface area contributed by atoms with Crippen LogP contribution in [0.1, 0.15) is 56.7 Å². The number of piperidine rings is 1. The first-order valence-electron chi connectivity index (χ1n) is 14.9. The molecule has 1 spiro atoms. The SMILES string of the molecule is CC(=O)O[C@@]12CC[C@H](N(CC(C)C)C(=O)C=Cc3cccc(OC(F)(F)F)c3)[C@@H]3Oc4cccc5c4[C@@]31CCN(C)[C@@H]2C5. The summed E-state index contributed by atoms with van der Waals surface area (Å²) in [7, 11) is 2.09. The number of nitrogens with zero attached hydrogens (tertiary/aromatic N) is 2. The minimum absolute atomic E-state index is 0.0154. The topological polar surface area (TPSA) is 68.3 Å². The normalized spacial score (nSPS) is 29.3. The number of likely N-dealkylation sites (N-methyl/N-ethyl adjacent to an activating group) is 1. The molecule has 7 nitrogen and oxygen atoms in total. The van der Waals surface area contributed by atoms with Gasteiger partial charge in [-0.15, -0.1) is 13.2 Å². The number of carbonyl (C=O) groups is 2. The van der Waals surface area contributed by atoms with Gasteiger partial charge in [0.1, 0.15) is 23.2 Å². The van der Waals surface area contributed by atoms with Gasteiger partial charge in [0.15, 0.2) is 0 Å². The van der Waals surface area contributed by atoms with Gasteiger partial charge in [-0.1, -0.05) is 38.1 Å². The Bertz CT molecular complexity index is 1460. The van der Waals surface area contributed by atoms with E-state index in [-0.39, 0.29) is 35.6 Å². The second-order valence-corrected chi connectivity index (χ2v) is 12.7. The summed E-state index contributed by atoms with van der Waals surface area (Å²) in [5.41, 5.74) is 1.33. The summed E-state index contributed by atoms with van der Waals surface area (Å²) in [5.74, 6) is 0.0190. The molecule has 2 fully saturated rings. The number of ether oxygens (including phenoxy) is 3. The highest BCUT2D eigenvalue weighted by molar-refractivity contribution is 5.92. The maximum Gasteiger partial charge on any atom is 0.573 e. The van der Waals surface area contributed by atoms with Crippen molar-refractivity contribution in [1.29, 1.82) is 0 Å². The fraction of sp³-hybridized carbons (Fsp3) is 0.515. The average molecular weight is 599 g/mol. The van der Waals surface area contributed by atoms with Crippen LogP contribution in [0.4, 0.5) is 13.2 Å². The molecule has 2 aliphatic heterocycles. The molecule has 0 N–H and O–H groups in total. The van der Waals surface area contributed by atoms with Crippen LogP contribution in [0.3, 0.4) is 0 Å². The number of likely N-dealkylation sites (tertiary alicyclic amines) is 1. The summed E-state index contributed by atoms with van der Waals surface area (Å²) in [6.45, 7) is 6.83. The van der Waals surface area contributed by atoms with Crippen LogP contribution in [-0.4, -0.2) is 72.0 Å². The van der Waals surface area contributed by atoms with Crippen molar-refractivity contribution < 1.29 is 37.0 Å². The number of hydrogen-bond acceptors (Lipinski definition) is 6. The molecule has 2 heterocycles. The summed E-state index contributed by atoms with van der Waals surface area (Å²) in [5, 5.41) is 0. The number of halogens is 3. The zero-order valence-corrected chi connectivity index (χ0v) is 24.8. The molecule has 1 saturated carbocycles. The molecule has 2 aromatic rings. The van der Waals surface area contributed by atoms with Crippen molar-refractivity contribution in [3.63, 3.8) is 0 Å². The van der Waals surface area contributed by atoms with Crippen LogP contribution in [0.15, 0.2) is 48.5 Å². The van der Waals surface area contributed by atoms with Crippen molar-refractivity contribution >= 4 is 18.0 Å². The van der Waals surface area contributed by atoms with E-state index >= 15 is 0 Å². The number of amides is 1. The predicted octanol–water partition coefficient (Wildman–Crippen LogP) is 5.51. The van der Waals surface area contributed by atoms with E-state index in [4.69, 9.17) is 9.47 Å². The fourth-order valence-corrected chi connectivity index (χ4v) is 8.31. The fourth-order valence-electron chi connectivity index (χ4n) is 8.31. The lowest BCUT2D eigenvalue weighted by Crippen LogP contribution is -2.79. The minimum Gasteiger partial charge on any atom is -0.487 e. The highest BCUT2D eigenvalue weighted by Gasteiger charge is 2.75. The lowest BCUT2D eigenvalue weighted by molar-refractivity contribution is -0.274. The number of carbonyl (C=O) groups excluding carboxylic acids is 2. The maximum absolute atomic E-state index is 13.9. The quantitative estimate of drug-likeness (QED) is 0.310. The minimum atomic E-state index is -4.81. The highest BCUT2D eigenvalue weighted by Crippen LogP contribution is 2.65. The Hall–Kier alpha value is -3.53. The Morgan fingerprint density at radius 1 is 1.19 bits per heavy atom. The molecule has 4 aliphatic rings. The lowest BCUT2D eigenvalue weighted by atomic mass is 9.48. The number of rotatable bonds is 7. The Morgan fingerprint density at radius 3 is 2.67 bits per heavy atom. The Balaban J connectivity index is 1.38. The van der Waals surface area contributed by atoms with Crippen molar-refractivity contribution in [2.24, 2.45) is 5.92 Å². The summed E-state index contributed by atoms with van der Waals surface area (Å²) in [6.07, 6.45) is 0.334. The third-order valence-electron chi connectivity index (χ3n) is 9.64. The standard InChI is InChI=1S/C33H37F3N2O5/c1-20(2)19-38(28(40)12-11-22-7-5-9-24(17-22)43-33(34,35)36)25-13-14-32(42-21(3)39)27-18-23-8-6-10-26-29(23)31(32,30(25)41-26)15-16-37(27)4/h5-12,17,20,25,27,30H,13-16,18-19H2,1-4H3/t25-,27+,30-,31-,32+/m0/s1. The van der Waals surface area contributed by atoms with Crippen molar-refractivity contribution in [2.75, 3.05) is 20.1 Å². The van der Waals surface area contributed by atoms with E-state index in [1.807, 2.05) is 30.9 Å². The van der Waals surface area contributed by atoms with Crippen molar-refractivity contribution in [3.8, 4) is 11.5 Å². The Kier molecular flexibility index (Phi) is 7.26. The summed E-state index contributed by atoms with van der Waals surface area (Å²) >= 11 is 0. The van der Waals surface area contributed by atoms with E-state index in [0.29, 0.717) is 24.9 Å². The maximum atomic E-state index is 13.9. The third-order valence-corrected chi connectivity index (χ3v) is 9.64. The number of alkyl halides is 3. The van der Waals surface area contributed by atoms with E-state index in [1.54, 1.807) is 6.07 Å². The van der Waals surface area contributed by atoms with Gasteiger partial charge in [0.2, 0.25) is 5.91 Å². The van der Waals surface area contributed by atoms with Crippen LogP contribution in [0.5, 0.6) is 11.5 Å². The first-order valence-corrected chi connectivity index (χ1v) is 14.9. The van der Waals surface area contributed by atoms with Crippen LogP contribution in [-0.2, 0) is 26.2 Å². The van der Waals surface area contributed by atoms with Crippen molar-refractivity contribution in [3.05, 3.63) is 65.2 Å². The van der Waals surface area contributed by atoms with E-state index in [1.165, 1.54) is 42.8 Å². The van der Waals surface area contributed by atoms with Gasteiger partial charge in [-0.2, -0.15) is 0 Å². The first kappa shape index (κ1) is 29.5. The van der Waals surface area contributed by atoms with Gasteiger partial charge in [0, 0.05) is 25.1 Å². The van der Waals surface area contributed by atoms with Crippen LogP contribution in [0, 0.1) is 5.92 Å². The van der Waals surface area contributed by atoms with Gasteiger partial charge in [0.25, 0.3) is 0 Å². The molecule has 6 rings (SSSR count). The molecule has 5 atom stereocenters. The summed E-state index contributed by atoms with van der Waals surface area (Å²) in [4.78, 5) is 30.8. The molecule has 230 valence electrons. The predicted molar refractivity (Wildman–Crippen MR) is 154 cm³/mol. The molecule has 2 bridgehead atoms. The van der Waals surface area contributed by atoms with Gasteiger partial charge >= 0.3 is 12.3 Å². The monoisotopic (exact) mass is 598 g/mol. The molecule has 2 aliphatic carbocycles. The van der Waals surface area contributed by atoms with Gasteiger partial charge in [-0.25, -0.2) is 0 Å². The van der Waals surface area contributed by atoms with Crippen LogP contribution >= 0.6 is 0 Å². The van der Waals surface area contributed by atoms with E-state index in [2.05, 4.69) is 22.8 Å². The largest absolute Gasteiger partial charge is 0.573 e. The van der Waals surface area contributed by atoms with Gasteiger partial charge < -0.3 is 19.1 Å². The summed E-state index contributed by atoms with van der Waals surface area (Å²) in [6, 6.07) is 11.3. The zero-order valence-electron chi connectivity index (χ0n) is 24.8. The van der Waals surface area contributed by atoms with Gasteiger partial charge in [0.05, 0.1) is 17.5 Å². The smallest absolute Gasteiger partial charge is 0.487 e. The molecule has 2 aromatic carbocycles. The van der Waals surface area contributed by atoms with E-state index < -0.39 is 23.5 Å². The van der Waals surface area contributed by atoms with Crippen LogP contribution < -0.4 is 9.47 Å². The number of hydrogen-bond donors (Lipinski definition) is 0. The Labute approximate surface area is 249 Å². The Morgan fingerprint density at radius 2 is 1.95 bits per heavy atom. The van der Waals surface area contributed by atoms with Crippen LogP contribution in [0.25, 0.3) is 6.08 Å². The number of benzene rings is 2. The second-order valence-electron chi connectivity index (χ2n) is 12.7. The summed E-state index contributed by atoms with van der Waals surface area (Å²) < 4.78 is 55.5. The molecule has 0 unspecified atom stereocenters. The average Bonchev–Trinajstić information content (AvgIpc) is 3.26. The van der Waals surface area contributed by atoms with E-state index in [0.717, 1.165) is 30.7 Å². The van der Waals surface area contributed by atoms with Crippen molar-refractivity contribution in [1.82, 2.24) is 9.80 Å². The molecule has 43 heavy (non-hydrogen) atoms. The second kappa shape index (κ2) is 10.6.